The Morgan fingerprint density at radius 1 is 1.22 bits per heavy atom. The number of hydrogen-bond acceptors (Lipinski definition) is 4. The van der Waals surface area contributed by atoms with Crippen molar-refractivity contribution in [2.24, 2.45) is 5.92 Å². The van der Waals surface area contributed by atoms with Crippen LogP contribution in [0.3, 0.4) is 0 Å². The highest BCUT2D eigenvalue weighted by atomic mass is 16.5. The zero-order valence-electron chi connectivity index (χ0n) is 16.5. The normalized spacial score (nSPS) is 11.2. The van der Waals surface area contributed by atoms with Crippen LogP contribution in [-0.4, -0.2) is 27.8 Å². The van der Waals surface area contributed by atoms with E-state index in [0.29, 0.717) is 17.4 Å². The fraction of sp³-hybridized carbons (Fsp3) is 0.381. The van der Waals surface area contributed by atoms with Gasteiger partial charge in [0.25, 0.3) is 0 Å². The monoisotopic (exact) mass is 366 g/mol. The van der Waals surface area contributed by atoms with Gasteiger partial charge < -0.3 is 10.1 Å². The van der Waals surface area contributed by atoms with Gasteiger partial charge in [-0.05, 0) is 44.4 Å². The Morgan fingerprint density at radius 3 is 2.63 bits per heavy atom. The van der Waals surface area contributed by atoms with Crippen LogP contribution < -0.4 is 10.1 Å². The Morgan fingerprint density at radius 2 is 1.96 bits per heavy atom. The molecule has 0 radical (unpaired) electrons. The third-order valence-electron chi connectivity index (χ3n) is 4.87. The van der Waals surface area contributed by atoms with Gasteiger partial charge in [0.15, 0.2) is 5.82 Å². The number of methoxy groups -OCH3 is 1. The van der Waals surface area contributed by atoms with Crippen molar-refractivity contribution in [3.63, 3.8) is 0 Å². The number of ether oxygens (including phenoxy) is 1. The minimum atomic E-state index is -0.0138. The molecular formula is C21H26N4O2. The fourth-order valence-corrected chi connectivity index (χ4v) is 3.30. The minimum absolute atomic E-state index is 0.0104. The standard InChI is InChI=1S/C21H26N4O2/c1-6-15(7-2)21(26)23-19-12-14(4)24-25(19)18-11-13(3)16-9-8-10-17(27-5)20(16)22-18/h8-12,15H,6-7H2,1-5H3,(H,23,26). The van der Waals surface area contributed by atoms with E-state index in [4.69, 9.17) is 9.72 Å². The van der Waals surface area contributed by atoms with Gasteiger partial charge in [0.1, 0.15) is 17.1 Å². The molecule has 0 fully saturated rings. The molecule has 0 aliphatic carbocycles. The summed E-state index contributed by atoms with van der Waals surface area (Å²) in [6, 6.07) is 9.70. The van der Waals surface area contributed by atoms with Crippen LogP contribution in [0.1, 0.15) is 37.9 Å². The summed E-state index contributed by atoms with van der Waals surface area (Å²) in [6.45, 7) is 7.98. The van der Waals surface area contributed by atoms with Crippen molar-refractivity contribution in [1.29, 1.82) is 0 Å². The van der Waals surface area contributed by atoms with Gasteiger partial charge in [-0.1, -0.05) is 26.0 Å². The van der Waals surface area contributed by atoms with Gasteiger partial charge in [0.05, 0.1) is 12.8 Å². The summed E-state index contributed by atoms with van der Waals surface area (Å²) in [5.41, 5.74) is 2.66. The molecular weight excluding hydrogens is 340 g/mol. The average Bonchev–Trinajstić information content (AvgIpc) is 3.02. The van der Waals surface area contributed by atoms with Crippen molar-refractivity contribution >= 4 is 22.6 Å². The molecule has 0 aliphatic rings. The number of pyridine rings is 1. The number of carbonyl (C=O) groups is 1. The number of para-hydroxylation sites is 1. The number of hydrogen-bond donors (Lipinski definition) is 1. The van der Waals surface area contributed by atoms with Gasteiger partial charge in [-0.25, -0.2) is 4.98 Å². The topological polar surface area (TPSA) is 69.0 Å². The summed E-state index contributed by atoms with van der Waals surface area (Å²) < 4.78 is 7.16. The molecule has 1 N–H and O–H groups in total. The molecule has 6 heteroatoms. The van der Waals surface area contributed by atoms with Crippen molar-refractivity contribution in [2.45, 2.75) is 40.5 Å². The van der Waals surface area contributed by atoms with E-state index in [9.17, 15) is 4.79 Å². The molecule has 1 aromatic carbocycles. The van der Waals surface area contributed by atoms with E-state index >= 15 is 0 Å². The lowest BCUT2D eigenvalue weighted by atomic mass is 10.0. The summed E-state index contributed by atoms with van der Waals surface area (Å²) in [5, 5.41) is 8.60. The number of aryl methyl sites for hydroxylation is 2. The SMILES string of the molecule is CCC(CC)C(=O)Nc1cc(C)nn1-c1cc(C)c2cccc(OC)c2n1. The van der Waals surface area contributed by atoms with Crippen LogP contribution in [0.5, 0.6) is 5.75 Å². The van der Waals surface area contributed by atoms with Gasteiger partial charge in [-0.3, -0.25) is 4.79 Å². The van der Waals surface area contributed by atoms with Crippen LogP contribution in [-0.2, 0) is 4.79 Å². The molecule has 0 atom stereocenters. The van der Waals surface area contributed by atoms with Crippen molar-refractivity contribution < 1.29 is 9.53 Å². The second-order valence-electron chi connectivity index (χ2n) is 6.74. The number of anilines is 1. The first-order chi connectivity index (χ1) is 13.0. The van der Waals surface area contributed by atoms with Gasteiger partial charge in [0, 0.05) is 17.4 Å². The number of nitrogens with one attached hydrogen (secondary N) is 1. The van der Waals surface area contributed by atoms with E-state index < -0.39 is 0 Å². The molecule has 27 heavy (non-hydrogen) atoms. The van der Waals surface area contributed by atoms with Gasteiger partial charge in [0.2, 0.25) is 5.91 Å². The van der Waals surface area contributed by atoms with E-state index in [-0.39, 0.29) is 11.8 Å². The largest absolute Gasteiger partial charge is 0.494 e. The number of carbonyl (C=O) groups excluding carboxylic acids is 1. The first-order valence-corrected chi connectivity index (χ1v) is 9.30. The zero-order chi connectivity index (χ0) is 19.6. The lowest BCUT2D eigenvalue weighted by molar-refractivity contribution is -0.120. The molecule has 0 aliphatic heterocycles. The Labute approximate surface area is 159 Å². The Balaban J connectivity index is 2.08. The Bertz CT molecular complexity index is 974. The predicted octanol–water partition coefficient (Wildman–Crippen LogP) is 4.42. The summed E-state index contributed by atoms with van der Waals surface area (Å²) in [6.07, 6.45) is 1.61. The highest BCUT2D eigenvalue weighted by Crippen LogP contribution is 2.28. The number of fused-ring (bicyclic) bond motifs is 1. The van der Waals surface area contributed by atoms with Crippen molar-refractivity contribution in [1.82, 2.24) is 14.8 Å². The van der Waals surface area contributed by atoms with Crippen LogP contribution in [0.2, 0.25) is 0 Å². The second-order valence-corrected chi connectivity index (χ2v) is 6.74. The van der Waals surface area contributed by atoms with Crippen LogP contribution in [0.25, 0.3) is 16.7 Å². The summed E-state index contributed by atoms with van der Waals surface area (Å²) in [5.74, 6) is 1.99. The zero-order valence-corrected chi connectivity index (χ0v) is 16.5. The first kappa shape index (κ1) is 18.9. The Hall–Kier alpha value is -2.89. The maximum Gasteiger partial charge on any atom is 0.228 e. The highest BCUT2D eigenvalue weighted by Gasteiger charge is 2.18. The number of aromatic nitrogens is 3. The maximum atomic E-state index is 12.6. The molecule has 0 unspecified atom stereocenters. The van der Waals surface area contributed by atoms with E-state index in [0.717, 1.165) is 35.0 Å². The third kappa shape index (κ3) is 3.65. The summed E-state index contributed by atoms with van der Waals surface area (Å²) >= 11 is 0. The Kier molecular flexibility index (Phi) is 5.44. The summed E-state index contributed by atoms with van der Waals surface area (Å²) in [7, 11) is 1.64. The van der Waals surface area contributed by atoms with Gasteiger partial charge in [-0.2, -0.15) is 9.78 Å². The van der Waals surface area contributed by atoms with Crippen molar-refractivity contribution in [3.05, 3.63) is 41.6 Å². The van der Waals surface area contributed by atoms with Crippen LogP contribution in [0, 0.1) is 19.8 Å². The van der Waals surface area contributed by atoms with E-state index in [1.807, 2.05) is 58.0 Å². The second kappa shape index (κ2) is 7.78. The molecule has 0 saturated carbocycles. The molecule has 142 valence electrons. The molecule has 2 aromatic heterocycles. The minimum Gasteiger partial charge on any atom is -0.494 e. The third-order valence-corrected chi connectivity index (χ3v) is 4.87. The van der Waals surface area contributed by atoms with Crippen molar-refractivity contribution in [3.8, 4) is 11.6 Å². The molecule has 2 heterocycles. The van der Waals surface area contributed by atoms with E-state index in [2.05, 4.69) is 10.4 Å². The lowest BCUT2D eigenvalue weighted by Crippen LogP contribution is -2.23. The molecule has 0 spiro atoms. The number of amides is 1. The van der Waals surface area contributed by atoms with Crippen LogP contribution in [0.4, 0.5) is 5.82 Å². The molecule has 1 amide bonds. The van der Waals surface area contributed by atoms with Crippen LogP contribution in [0.15, 0.2) is 30.3 Å². The summed E-state index contributed by atoms with van der Waals surface area (Å²) in [4.78, 5) is 17.3. The fourth-order valence-electron chi connectivity index (χ4n) is 3.30. The molecule has 3 rings (SSSR count). The highest BCUT2D eigenvalue weighted by molar-refractivity contribution is 5.92. The quantitative estimate of drug-likeness (QED) is 0.701. The molecule has 3 aromatic rings. The first-order valence-electron chi connectivity index (χ1n) is 9.30. The smallest absolute Gasteiger partial charge is 0.228 e. The molecule has 6 nitrogen and oxygen atoms in total. The van der Waals surface area contributed by atoms with Crippen LogP contribution >= 0.6 is 0 Å². The number of rotatable bonds is 6. The number of benzene rings is 1. The maximum absolute atomic E-state index is 12.6. The van der Waals surface area contributed by atoms with Crippen molar-refractivity contribution in [2.75, 3.05) is 12.4 Å². The lowest BCUT2D eigenvalue weighted by Gasteiger charge is -2.15. The number of nitrogens with zero attached hydrogens (tertiary/aromatic N) is 3. The molecule has 0 bridgehead atoms. The van der Waals surface area contributed by atoms with E-state index in [1.54, 1.807) is 11.8 Å². The average molecular weight is 366 g/mol. The van der Waals surface area contributed by atoms with Gasteiger partial charge >= 0.3 is 0 Å². The predicted molar refractivity (Wildman–Crippen MR) is 108 cm³/mol. The van der Waals surface area contributed by atoms with E-state index in [1.165, 1.54) is 0 Å². The molecule has 0 saturated heterocycles. The van der Waals surface area contributed by atoms with Gasteiger partial charge in [-0.15, -0.1) is 0 Å².